The minimum Gasteiger partial charge on any atom is -0.356 e. The molecule has 1 aliphatic heterocycles. The molecular formula is C18H20ClN7. The Morgan fingerprint density at radius 2 is 1.81 bits per heavy atom. The minimum atomic E-state index is 0.237. The molecule has 8 heteroatoms. The first-order chi connectivity index (χ1) is 12.6. The summed E-state index contributed by atoms with van der Waals surface area (Å²) in [6, 6.07) is 1.87. The Kier molecular flexibility index (Phi) is 3.60. The molecule has 7 nitrogen and oxygen atoms in total. The van der Waals surface area contributed by atoms with Gasteiger partial charge in [-0.2, -0.15) is 5.10 Å². The van der Waals surface area contributed by atoms with Gasteiger partial charge in [0.15, 0.2) is 11.5 Å². The number of aromatic nitrogens is 6. The maximum atomic E-state index is 6.28. The van der Waals surface area contributed by atoms with Crippen molar-refractivity contribution < 1.29 is 0 Å². The van der Waals surface area contributed by atoms with E-state index >= 15 is 0 Å². The maximum absolute atomic E-state index is 6.28. The number of rotatable bonds is 3. The van der Waals surface area contributed by atoms with E-state index < -0.39 is 0 Å². The number of fused-ring (bicyclic) bond motifs is 1. The normalized spacial score (nSPS) is 22.3. The van der Waals surface area contributed by atoms with Crippen LogP contribution in [0, 0.1) is 13.8 Å². The third-order valence-corrected chi connectivity index (χ3v) is 5.50. The molecule has 2 unspecified atom stereocenters. The van der Waals surface area contributed by atoms with Crippen molar-refractivity contribution in [2.75, 3.05) is 18.0 Å². The van der Waals surface area contributed by atoms with Gasteiger partial charge in [0.1, 0.15) is 16.8 Å². The first kappa shape index (κ1) is 15.9. The zero-order valence-electron chi connectivity index (χ0n) is 14.9. The molecule has 5 rings (SSSR count). The lowest BCUT2D eigenvalue weighted by Crippen LogP contribution is -2.19. The van der Waals surface area contributed by atoms with Crippen molar-refractivity contribution in [1.82, 2.24) is 29.5 Å². The average molecular weight is 370 g/mol. The summed E-state index contributed by atoms with van der Waals surface area (Å²) in [4.78, 5) is 20.7. The van der Waals surface area contributed by atoms with Crippen LogP contribution in [0.4, 0.5) is 5.82 Å². The Labute approximate surface area is 156 Å². The Hall–Kier alpha value is -2.28. The van der Waals surface area contributed by atoms with Crippen LogP contribution in [0.5, 0.6) is 0 Å². The van der Waals surface area contributed by atoms with E-state index in [0.29, 0.717) is 5.15 Å². The molecular weight excluding hydrogens is 350 g/mol. The number of halogens is 1. The molecule has 0 spiro atoms. The van der Waals surface area contributed by atoms with Crippen LogP contribution >= 0.6 is 11.6 Å². The highest BCUT2D eigenvalue weighted by Gasteiger charge is 2.45. The highest BCUT2D eigenvalue weighted by atomic mass is 35.5. The maximum Gasteiger partial charge on any atom is 0.177 e. The molecule has 134 valence electrons. The number of anilines is 1. The van der Waals surface area contributed by atoms with Gasteiger partial charge in [-0.25, -0.2) is 19.5 Å². The molecule has 3 aromatic heterocycles. The highest BCUT2D eigenvalue weighted by Crippen LogP contribution is 2.53. The van der Waals surface area contributed by atoms with Gasteiger partial charge in [-0.05, 0) is 33.1 Å². The molecule has 0 amide bonds. The van der Waals surface area contributed by atoms with E-state index in [9.17, 15) is 0 Å². The second-order valence-corrected chi connectivity index (χ2v) is 7.63. The van der Waals surface area contributed by atoms with Crippen LogP contribution in [0.25, 0.3) is 5.65 Å². The summed E-state index contributed by atoms with van der Waals surface area (Å²) in [5.41, 5.74) is 2.70. The Morgan fingerprint density at radius 3 is 2.58 bits per heavy atom. The first-order valence-corrected chi connectivity index (χ1v) is 9.46. The lowest BCUT2D eigenvalue weighted by molar-refractivity contribution is 0.810. The van der Waals surface area contributed by atoms with Crippen molar-refractivity contribution >= 4 is 23.1 Å². The summed E-state index contributed by atoms with van der Waals surface area (Å²) >= 11 is 6.28. The van der Waals surface area contributed by atoms with Gasteiger partial charge < -0.3 is 4.90 Å². The third kappa shape index (κ3) is 2.61. The van der Waals surface area contributed by atoms with Crippen molar-refractivity contribution in [3.8, 4) is 0 Å². The van der Waals surface area contributed by atoms with Gasteiger partial charge in [0.2, 0.25) is 0 Å². The molecule has 0 N–H and O–H groups in total. The van der Waals surface area contributed by atoms with Gasteiger partial charge in [-0.3, -0.25) is 4.98 Å². The summed E-state index contributed by atoms with van der Waals surface area (Å²) in [6.45, 7) is 6.03. The molecule has 1 saturated carbocycles. The quantitative estimate of drug-likeness (QED) is 0.661. The number of hydrogen-bond donors (Lipinski definition) is 0. The van der Waals surface area contributed by atoms with Crippen LogP contribution in [-0.2, 0) is 0 Å². The standard InChI is InChI=1S/C18H20ClN7/c1-10-9-20-11(2)18-23-17(24-26(10)18)13-7-12(13)16-21-14(19)8-15(22-16)25-5-3-4-6-25/h8-9,12-13H,3-7H2,1-2H3. The molecule has 2 fully saturated rings. The van der Waals surface area contributed by atoms with Crippen LogP contribution in [0.2, 0.25) is 5.15 Å². The Bertz CT molecular complexity index is 954. The summed E-state index contributed by atoms with van der Waals surface area (Å²) < 4.78 is 1.88. The molecule has 3 aromatic rings. The van der Waals surface area contributed by atoms with Crippen LogP contribution in [-0.4, -0.2) is 42.6 Å². The van der Waals surface area contributed by atoms with Crippen LogP contribution in [0.1, 0.15) is 54.1 Å². The molecule has 2 atom stereocenters. The van der Waals surface area contributed by atoms with E-state index in [1.165, 1.54) is 12.8 Å². The summed E-state index contributed by atoms with van der Waals surface area (Å²) in [5, 5.41) is 5.21. The fraction of sp³-hybridized carbons (Fsp3) is 0.500. The monoisotopic (exact) mass is 369 g/mol. The minimum absolute atomic E-state index is 0.237. The van der Waals surface area contributed by atoms with E-state index in [-0.39, 0.29) is 11.8 Å². The largest absolute Gasteiger partial charge is 0.356 e. The van der Waals surface area contributed by atoms with Gasteiger partial charge >= 0.3 is 0 Å². The third-order valence-electron chi connectivity index (χ3n) is 5.31. The molecule has 0 radical (unpaired) electrons. The van der Waals surface area contributed by atoms with Crippen molar-refractivity contribution in [3.05, 3.63) is 40.5 Å². The van der Waals surface area contributed by atoms with Crippen molar-refractivity contribution in [2.24, 2.45) is 0 Å². The van der Waals surface area contributed by atoms with Crippen LogP contribution in [0.3, 0.4) is 0 Å². The molecule has 0 bridgehead atoms. The van der Waals surface area contributed by atoms with Crippen molar-refractivity contribution in [3.63, 3.8) is 0 Å². The van der Waals surface area contributed by atoms with Crippen LogP contribution in [0.15, 0.2) is 12.3 Å². The Morgan fingerprint density at radius 1 is 1.04 bits per heavy atom. The molecule has 2 aliphatic rings. The van der Waals surface area contributed by atoms with Gasteiger partial charge in [0, 0.05) is 37.2 Å². The number of hydrogen-bond acceptors (Lipinski definition) is 6. The molecule has 1 aliphatic carbocycles. The topological polar surface area (TPSA) is 72.1 Å². The predicted octanol–water partition coefficient (Wildman–Crippen LogP) is 3.06. The smallest absolute Gasteiger partial charge is 0.177 e. The zero-order valence-corrected chi connectivity index (χ0v) is 15.6. The predicted molar refractivity (Wildman–Crippen MR) is 98.8 cm³/mol. The van der Waals surface area contributed by atoms with Gasteiger partial charge in [-0.1, -0.05) is 11.6 Å². The fourth-order valence-corrected chi connectivity index (χ4v) is 3.91. The van der Waals surface area contributed by atoms with Crippen molar-refractivity contribution in [1.29, 1.82) is 0 Å². The van der Waals surface area contributed by atoms with Crippen molar-refractivity contribution in [2.45, 2.75) is 44.9 Å². The van der Waals surface area contributed by atoms with E-state index in [0.717, 1.165) is 54.0 Å². The lowest BCUT2D eigenvalue weighted by atomic mass is 10.3. The molecule has 1 saturated heterocycles. The lowest BCUT2D eigenvalue weighted by Gasteiger charge is -2.17. The van der Waals surface area contributed by atoms with E-state index in [2.05, 4.69) is 14.9 Å². The van der Waals surface area contributed by atoms with E-state index in [1.54, 1.807) is 0 Å². The highest BCUT2D eigenvalue weighted by molar-refractivity contribution is 6.29. The fourth-order valence-electron chi connectivity index (χ4n) is 3.73. The summed E-state index contributed by atoms with van der Waals surface area (Å²) in [5.74, 6) is 3.09. The zero-order chi connectivity index (χ0) is 17.8. The number of aryl methyl sites for hydroxylation is 2. The van der Waals surface area contributed by atoms with Gasteiger partial charge in [0.05, 0.1) is 11.4 Å². The first-order valence-electron chi connectivity index (χ1n) is 9.08. The van der Waals surface area contributed by atoms with E-state index in [4.69, 9.17) is 26.7 Å². The van der Waals surface area contributed by atoms with Crippen LogP contribution < -0.4 is 4.90 Å². The second kappa shape index (κ2) is 5.87. The van der Waals surface area contributed by atoms with Gasteiger partial charge in [0.25, 0.3) is 0 Å². The second-order valence-electron chi connectivity index (χ2n) is 7.24. The average Bonchev–Trinajstić information content (AvgIpc) is 3.06. The summed E-state index contributed by atoms with van der Waals surface area (Å²) in [6.07, 6.45) is 5.21. The van der Waals surface area contributed by atoms with E-state index in [1.807, 2.05) is 30.6 Å². The Balaban J connectivity index is 1.45. The SMILES string of the molecule is Cc1ncc(C)n2nc(C3CC3c3nc(Cl)cc(N4CCCC4)n3)nc12. The van der Waals surface area contributed by atoms with Gasteiger partial charge in [-0.15, -0.1) is 0 Å². The summed E-state index contributed by atoms with van der Waals surface area (Å²) in [7, 11) is 0. The molecule has 4 heterocycles. The number of nitrogens with zero attached hydrogens (tertiary/aromatic N) is 7. The molecule has 0 aromatic carbocycles. The molecule has 26 heavy (non-hydrogen) atoms.